The van der Waals surface area contributed by atoms with Crippen molar-refractivity contribution >= 4 is 45.2 Å². The Morgan fingerprint density at radius 3 is 3.04 bits per heavy atom. The number of aryl methyl sites for hydroxylation is 1. The number of carbonyl (C=O) groups is 1. The van der Waals surface area contributed by atoms with E-state index in [2.05, 4.69) is 38.5 Å². The van der Waals surface area contributed by atoms with Crippen LogP contribution in [0.3, 0.4) is 0 Å². The average molecular weight is 392 g/mol. The van der Waals surface area contributed by atoms with E-state index in [1.54, 1.807) is 22.6 Å². The van der Waals surface area contributed by atoms with Gasteiger partial charge in [-0.3, -0.25) is 9.79 Å². The zero-order valence-electron chi connectivity index (χ0n) is 15.9. The van der Waals surface area contributed by atoms with E-state index in [-0.39, 0.29) is 11.8 Å². The fraction of sp³-hybridized carbons (Fsp3) is 0.333. The Kier molecular flexibility index (Phi) is 4.12. The zero-order chi connectivity index (χ0) is 19.3. The fourth-order valence-electron chi connectivity index (χ4n) is 4.10. The highest BCUT2D eigenvalue weighted by Gasteiger charge is 2.29. The van der Waals surface area contributed by atoms with Crippen LogP contribution in [-0.2, 0) is 24.2 Å². The first-order chi connectivity index (χ1) is 13.6. The van der Waals surface area contributed by atoms with Gasteiger partial charge in [0.15, 0.2) is 0 Å². The minimum absolute atomic E-state index is 0.0657. The second-order valence-electron chi connectivity index (χ2n) is 7.59. The minimum Gasteiger partial charge on any atom is -0.349 e. The number of anilines is 2. The van der Waals surface area contributed by atoms with Crippen molar-refractivity contribution in [1.82, 2.24) is 14.9 Å². The van der Waals surface area contributed by atoms with E-state index in [0.29, 0.717) is 0 Å². The van der Waals surface area contributed by atoms with Gasteiger partial charge in [-0.2, -0.15) is 0 Å². The number of hydrogen-bond acceptors (Lipinski definition) is 6. The summed E-state index contributed by atoms with van der Waals surface area (Å²) in [7, 11) is 3.66. The predicted octanol–water partition coefficient (Wildman–Crippen LogP) is 3.56. The Hall–Kier alpha value is -2.80. The summed E-state index contributed by atoms with van der Waals surface area (Å²) in [5, 5.41) is 4.59. The highest BCUT2D eigenvalue weighted by atomic mass is 32.1. The van der Waals surface area contributed by atoms with Crippen molar-refractivity contribution < 1.29 is 4.79 Å². The van der Waals surface area contributed by atoms with E-state index in [1.807, 2.05) is 20.3 Å². The molecule has 1 amide bonds. The van der Waals surface area contributed by atoms with Gasteiger partial charge in [0.1, 0.15) is 17.0 Å². The van der Waals surface area contributed by atoms with Crippen molar-refractivity contribution in [2.75, 3.05) is 19.4 Å². The van der Waals surface area contributed by atoms with Gasteiger partial charge in [0.05, 0.1) is 11.9 Å². The monoisotopic (exact) mass is 391 g/mol. The van der Waals surface area contributed by atoms with Gasteiger partial charge in [0.25, 0.3) is 0 Å². The van der Waals surface area contributed by atoms with Gasteiger partial charge in [-0.1, -0.05) is 6.07 Å². The quantitative estimate of drug-likeness (QED) is 0.741. The molecule has 1 atom stereocenters. The number of aliphatic imine (C=N–C) groups is 1. The van der Waals surface area contributed by atoms with Crippen LogP contribution in [0.25, 0.3) is 10.2 Å². The molecule has 1 aliphatic carbocycles. The van der Waals surface area contributed by atoms with Crippen molar-refractivity contribution in [3.05, 3.63) is 46.1 Å². The van der Waals surface area contributed by atoms with E-state index in [0.717, 1.165) is 53.1 Å². The smallest absolute Gasteiger partial charge is 0.225 e. The normalized spacial score (nSPS) is 17.4. The lowest BCUT2D eigenvalue weighted by molar-refractivity contribution is -0.133. The number of benzene rings is 1. The van der Waals surface area contributed by atoms with Crippen LogP contribution in [0.15, 0.2) is 29.5 Å². The highest BCUT2D eigenvalue weighted by molar-refractivity contribution is 7.19. The number of fused-ring (bicyclic) bond motifs is 4. The Balaban J connectivity index is 1.50. The molecule has 1 aromatic carbocycles. The summed E-state index contributed by atoms with van der Waals surface area (Å²) in [6, 6.07) is 6.31. The standard InChI is InChI=1S/C21H21N5OS/c1-26(2)21(27)12-4-6-16-17(8-12)28-20-18(16)19(23-11-24-20)25-15-5-3-13-9-22-10-14(13)7-15/h3,5,7,10-12H,4,6,8-9H2,1-2H3,(H,23,24,25). The van der Waals surface area contributed by atoms with E-state index in [1.165, 1.54) is 16.0 Å². The molecule has 0 radical (unpaired) electrons. The molecule has 0 bridgehead atoms. The Morgan fingerprint density at radius 2 is 2.18 bits per heavy atom. The van der Waals surface area contributed by atoms with Gasteiger partial charge in [0.2, 0.25) is 5.91 Å². The number of rotatable bonds is 3. The fourth-order valence-corrected chi connectivity index (χ4v) is 5.36. The first-order valence-electron chi connectivity index (χ1n) is 9.46. The summed E-state index contributed by atoms with van der Waals surface area (Å²) in [6.45, 7) is 0.762. The summed E-state index contributed by atoms with van der Waals surface area (Å²) in [4.78, 5) is 29.7. The molecule has 0 saturated carbocycles. The van der Waals surface area contributed by atoms with Crippen LogP contribution in [0.1, 0.15) is 28.0 Å². The second-order valence-corrected chi connectivity index (χ2v) is 8.67. The summed E-state index contributed by atoms with van der Waals surface area (Å²) in [5.74, 6) is 1.12. The largest absolute Gasteiger partial charge is 0.349 e. The maximum absolute atomic E-state index is 12.4. The molecule has 1 N–H and O–H groups in total. The van der Waals surface area contributed by atoms with Crippen molar-refractivity contribution in [2.45, 2.75) is 25.8 Å². The van der Waals surface area contributed by atoms with Crippen molar-refractivity contribution in [2.24, 2.45) is 10.9 Å². The van der Waals surface area contributed by atoms with Gasteiger partial charge >= 0.3 is 0 Å². The third-order valence-corrected chi connectivity index (χ3v) is 6.70. The van der Waals surface area contributed by atoms with Crippen molar-refractivity contribution in [1.29, 1.82) is 0 Å². The van der Waals surface area contributed by atoms with Gasteiger partial charge in [-0.15, -0.1) is 11.3 Å². The summed E-state index contributed by atoms with van der Waals surface area (Å²) in [5.41, 5.74) is 4.72. The number of amides is 1. The summed E-state index contributed by atoms with van der Waals surface area (Å²) in [6.07, 6.45) is 6.09. The SMILES string of the molecule is CN(C)C(=O)C1CCc2c(sc3ncnc(Nc4ccc5c(c4)C=NC5)c23)C1. The molecule has 1 unspecified atom stereocenters. The molecule has 2 aromatic heterocycles. The topological polar surface area (TPSA) is 70.5 Å². The van der Waals surface area contributed by atoms with E-state index < -0.39 is 0 Å². The second kappa shape index (κ2) is 6.67. The van der Waals surface area contributed by atoms with Gasteiger partial charge in [0, 0.05) is 36.8 Å². The molecule has 0 fully saturated rings. The number of carbonyl (C=O) groups excluding carboxylic acids is 1. The molecule has 5 rings (SSSR count). The van der Waals surface area contributed by atoms with Crippen LogP contribution in [0.2, 0.25) is 0 Å². The summed E-state index contributed by atoms with van der Waals surface area (Å²) < 4.78 is 0. The molecular formula is C21H21N5OS. The lowest BCUT2D eigenvalue weighted by Gasteiger charge is -2.24. The summed E-state index contributed by atoms with van der Waals surface area (Å²) >= 11 is 1.69. The molecule has 3 heterocycles. The molecule has 3 aromatic rings. The number of hydrogen-bond donors (Lipinski definition) is 1. The number of thiophene rings is 1. The maximum atomic E-state index is 12.4. The third kappa shape index (κ3) is 2.86. The number of aromatic nitrogens is 2. The van der Waals surface area contributed by atoms with Crippen LogP contribution >= 0.6 is 11.3 Å². The molecule has 7 heteroatoms. The van der Waals surface area contributed by atoms with Crippen LogP contribution in [0, 0.1) is 5.92 Å². The van der Waals surface area contributed by atoms with Crippen molar-refractivity contribution in [3.8, 4) is 0 Å². The van der Waals surface area contributed by atoms with Gasteiger partial charge < -0.3 is 10.2 Å². The minimum atomic E-state index is 0.0657. The lowest BCUT2D eigenvalue weighted by atomic mass is 9.87. The van der Waals surface area contributed by atoms with Crippen molar-refractivity contribution in [3.63, 3.8) is 0 Å². The Bertz CT molecular complexity index is 1120. The maximum Gasteiger partial charge on any atom is 0.225 e. The number of nitrogens with zero attached hydrogens (tertiary/aromatic N) is 4. The van der Waals surface area contributed by atoms with Crippen LogP contribution in [0.4, 0.5) is 11.5 Å². The predicted molar refractivity (Wildman–Crippen MR) is 113 cm³/mol. The Morgan fingerprint density at radius 1 is 1.29 bits per heavy atom. The molecule has 142 valence electrons. The first kappa shape index (κ1) is 17.3. The molecule has 2 aliphatic rings. The van der Waals surface area contributed by atoms with Gasteiger partial charge in [-0.25, -0.2) is 9.97 Å². The molecule has 0 saturated heterocycles. The van der Waals surface area contributed by atoms with E-state index in [9.17, 15) is 4.79 Å². The lowest BCUT2D eigenvalue weighted by Crippen LogP contribution is -2.32. The molecule has 0 spiro atoms. The van der Waals surface area contributed by atoms with Crippen LogP contribution < -0.4 is 5.32 Å². The highest BCUT2D eigenvalue weighted by Crippen LogP contribution is 2.40. The molecular weight excluding hydrogens is 370 g/mol. The zero-order valence-corrected chi connectivity index (χ0v) is 16.7. The average Bonchev–Trinajstić information content (AvgIpc) is 3.30. The van der Waals surface area contributed by atoms with E-state index in [4.69, 9.17) is 0 Å². The molecule has 1 aliphatic heterocycles. The van der Waals surface area contributed by atoms with Crippen LogP contribution in [0.5, 0.6) is 0 Å². The molecule has 28 heavy (non-hydrogen) atoms. The van der Waals surface area contributed by atoms with Gasteiger partial charge in [-0.05, 0) is 48.1 Å². The Labute approximate surface area is 167 Å². The van der Waals surface area contributed by atoms with Crippen LogP contribution in [-0.4, -0.2) is 41.1 Å². The third-order valence-electron chi connectivity index (χ3n) is 5.54. The molecule has 6 nitrogen and oxygen atoms in total. The van der Waals surface area contributed by atoms with E-state index >= 15 is 0 Å². The first-order valence-corrected chi connectivity index (χ1v) is 10.3. The number of nitrogens with one attached hydrogen (secondary N) is 1.